The summed E-state index contributed by atoms with van der Waals surface area (Å²) in [5.74, 6) is -0.528. The zero-order valence-electron chi connectivity index (χ0n) is 21.7. The maximum absolute atomic E-state index is 10.7. The molecule has 0 radical (unpaired) electrons. The summed E-state index contributed by atoms with van der Waals surface area (Å²) in [7, 11) is 1.64. The minimum absolute atomic E-state index is 0.0381. The Balaban J connectivity index is 0.000000252. The van der Waals surface area contributed by atoms with Gasteiger partial charge in [0.25, 0.3) is 0 Å². The van der Waals surface area contributed by atoms with E-state index in [0.29, 0.717) is 18.5 Å². The average Bonchev–Trinajstić information content (AvgIpc) is 2.93. The predicted octanol–water partition coefficient (Wildman–Crippen LogP) is 4.47. The van der Waals surface area contributed by atoms with Crippen molar-refractivity contribution < 1.29 is 34.8 Å². The monoisotopic (exact) mass is 532 g/mol. The number of fused-ring (bicyclic) bond motifs is 1. The van der Waals surface area contributed by atoms with Crippen LogP contribution in [0.2, 0.25) is 0 Å². The zero-order valence-corrected chi connectivity index (χ0v) is 21.7. The number of hydrogen-bond acceptors (Lipinski definition) is 7. The molecule has 0 fully saturated rings. The quantitative estimate of drug-likeness (QED) is 0.129. The van der Waals surface area contributed by atoms with Gasteiger partial charge in [0.15, 0.2) is 0 Å². The molecule has 39 heavy (non-hydrogen) atoms. The van der Waals surface area contributed by atoms with Gasteiger partial charge < -0.3 is 35.8 Å². The minimum atomic E-state index is -1.12. The lowest BCUT2D eigenvalue weighted by Crippen LogP contribution is -2.32. The molecule has 0 saturated heterocycles. The van der Waals surface area contributed by atoms with Gasteiger partial charge in [0.05, 0.1) is 18.9 Å². The number of aliphatic hydroxyl groups is 1. The van der Waals surface area contributed by atoms with Crippen LogP contribution in [0.15, 0.2) is 78.9 Å². The first-order valence-electron chi connectivity index (χ1n) is 12.2. The smallest absolute Gasteiger partial charge is 0.339 e. The van der Waals surface area contributed by atoms with Crippen LogP contribution in [0, 0.1) is 0 Å². The van der Waals surface area contributed by atoms with E-state index < -0.39 is 12.1 Å². The Labute approximate surface area is 226 Å². The van der Waals surface area contributed by atoms with E-state index in [0.717, 1.165) is 22.9 Å². The Morgan fingerprint density at radius 2 is 1.62 bits per heavy atom. The highest BCUT2D eigenvalue weighted by Crippen LogP contribution is 2.27. The van der Waals surface area contributed by atoms with Gasteiger partial charge in [-0.2, -0.15) is 0 Å². The summed E-state index contributed by atoms with van der Waals surface area (Å²) >= 11 is 0. The van der Waals surface area contributed by atoms with Crippen LogP contribution in [0.25, 0.3) is 10.8 Å². The third-order valence-electron chi connectivity index (χ3n) is 6.07. The molecule has 0 bridgehead atoms. The van der Waals surface area contributed by atoms with Crippen LogP contribution >= 0.6 is 0 Å². The summed E-state index contributed by atoms with van der Waals surface area (Å²) in [5, 5.41) is 45.4. The van der Waals surface area contributed by atoms with Crippen molar-refractivity contribution >= 4 is 28.8 Å². The fourth-order valence-electron chi connectivity index (χ4n) is 3.96. The van der Waals surface area contributed by atoms with E-state index >= 15 is 0 Å². The number of aromatic hydroxyl groups is 2. The second kappa shape index (κ2) is 13.8. The number of carboxylic acid groups (broad SMARTS) is 1. The van der Waals surface area contributed by atoms with E-state index in [1.165, 1.54) is 23.8 Å². The number of benzene rings is 4. The number of nitrogens with one attached hydrogen (secondary N) is 2. The van der Waals surface area contributed by atoms with Gasteiger partial charge in [0.1, 0.15) is 22.8 Å². The Kier molecular flexibility index (Phi) is 10.3. The summed E-state index contributed by atoms with van der Waals surface area (Å²) < 4.78 is 5.14. The SMILES string of the molecule is COc1ccc(CC(C)NCC(O)c2ccc(O)c(NC=O)c2)cc1.O=C(O)c1cc2ccccc2cc1O. The molecule has 4 aromatic carbocycles. The number of methoxy groups -OCH3 is 1. The fraction of sp³-hybridized carbons (Fsp3) is 0.200. The van der Waals surface area contributed by atoms with Gasteiger partial charge in [-0.25, -0.2) is 4.79 Å². The van der Waals surface area contributed by atoms with E-state index in [9.17, 15) is 24.9 Å². The highest BCUT2D eigenvalue weighted by atomic mass is 16.5. The molecule has 0 aromatic heterocycles. The number of phenolic OH excluding ortho intramolecular Hbond substituents is 1. The van der Waals surface area contributed by atoms with Gasteiger partial charge in [0, 0.05) is 12.6 Å². The molecule has 0 spiro atoms. The maximum Gasteiger partial charge on any atom is 0.339 e. The summed E-state index contributed by atoms with van der Waals surface area (Å²) in [6.07, 6.45) is 0.566. The first-order valence-corrected chi connectivity index (χ1v) is 12.2. The number of anilines is 1. The minimum Gasteiger partial charge on any atom is -0.507 e. The standard InChI is InChI=1S/C19H24N2O4.C11H8O3/c1-13(9-14-3-6-16(25-2)7-4-14)20-11-19(24)15-5-8-18(23)17(10-15)21-12-22;12-10-6-8-4-2-1-3-7(8)5-9(10)11(13)14/h3-8,10,12-13,19-20,23-24H,9,11H2,1-2H3,(H,21,22);1-6,12H,(H,13,14). The van der Waals surface area contributed by atoms with E-state index in [2.05, 4.69) is 10.6 Å². The molecular weight excluding hydrogens is 500 g/mol. The molecule has 4 aromatic rings. The van der Waals surface area contributed by atoms with Gasteiger partial charge in [-0.05, 0) is 71.6 Å². The molecule has 9 nitrogen and oxygen atoms in total. The van der Waals surface area contributed by atoms with Gasteiger partial charge >= 0.3 is 5.97 Å². The van der Waals surface area contributed by atoms with Crippen molar-refractivity contribution in [1.82, 2.24) is 5.32 Å². The highest BCUT2D eigenvalue weighted by Gasteiger charge is 2.13. The lowest BCUT2D eigenvalue weighted by molar-refractivity contribution is -0.105. The Morgan fingerprint density at radius 1 is 0.949 bits per heavy atom. The van der Waals surface area contributed by atoms with Crippen molar-refractivity contribution in [3.05, 3.63) is 95.6 Å². The summed E-state index contributed by atoms with van der Waals surface area (Å²) in [6.45, 7) is 2.41. The molecule has 9 heteroatoms. The first-order chi connectivity index (χ1) is 18.7. The molecule has 0 aliphatic rings. The number of amides is 1. The summed E-state index contributed by atoms with van der Waals surface area (Å²) in [4.78, 5) is 21.2. The molecule has 0 aliphatic carbocycles. The van der Waals surface area contributed by atoms with Crippen LogP contribution in [0.3, 0.4) is 0 Å². The summed E-state index contributed by atoms with van der Waals surface area (Å²) in [6, 6.07) is 22.9. The van der Waals surface area contributed by atoms with Gasteiger partial charge in [-0.3, -0.25) is 4.79 Å². The molecule has 0 aliphatic heterocycles. The van der Waals surface area contributed by atoms with E-state index in [1.807, 2.05) is 49.4 Å². The zero-order chi connectivity index (χ0) is 28.4. The highest BCUT2D eigenvalue weighted by molar-refractivity contribution is 5.97. The molecular formula is C30H32N2O7. The molecule has 0 heterocycles. The van der Waals surface area contributed by atoms with Gasteiger partial charge in [0.2, 0.25) is 6.41 Å². The van der Waals surface area contributed by atoms with Crippen LogP contribution in [-0.2, 0) is 11.2 Å². The number of phenols is 2. The van der Waals surface area contributed by atoms with Crippen molar-refractivity contribution in [3.63, 3.8) is 0 Å². The van der Waals surface area contributed by atoms with Crippen LogP contribution in [-0.4, -0.2) is 52.5 Å². The largest absolute Gasteiger partial charge is 0.507 e. The Morgan fingerprint density at radius 3 is 2.23 bits per heavy atom. The van der Waals surface area contributed by atoms with E-state index in [-0.39, 0.29) is 28.8 Å². The van der Waals surface area contributed by atoms with Crippen molar-refractivity contribution in [3.8, 4) is 17.2 Å². The van der Waals surface area contributed by atoms with Crippen molar-refractivity contribution in [1.29, 1.82) is 0 Å². The third kappa shape index (κ3) is 8.19. The van der Waals surface area contributed by atoms with Gasteiger partial charge in [-0.15, -0.1) is 0 Å². The third-order valence-corrected chi connectivity index (χ3v) is 6.07. The average molecular weight is 533 g/mol. The van der Waals surface area contributed by atoms with E-state index in [4.69, 9.17) is 9.84 Å². The number of carboxylic acids is 1. The van der Waals surface area contributed by atoms with Crippen LogP contribution in [0.5, 0.6) is 17.2 Å². The molecule has 1 amide bonds. The number of aliphatic hydroxyl groups excluding tert-OH is 1. The number of hydrogen-bond donors (Lipinski definition) is 6. The van der Waals surface area contributed by atoms with Crippen molar-refractivity contribution in [2.45, 2.75) is 25.5 Å². The molecule has 2 unspecified atom stereocenters. The summed E-state index contributed by atoms with van der Waals surface area (Å²) in [5.41, 5.74) is 2.00. The van der Waals surface area contributed by atoms with E-state index in [1.54, 1.807) is 25.3 Å². The number of rotatable bonds is 10. The normalized spacial score (nSPS) is 12.1. The van der Waals surface area contributed by atoms with Crippen molar-refractivity contribution in [2.75, 3.05) is 19.0 Å². The van der Waals surface area contributed by atoms with Crippen LogP contribution in [0.1, 0.15) is 34.5 Å². The number of carbonyl (C=O) groups is 2. The van der Waals surface area contributed by atoms with Gasteiger partial charge in [-0.1, -0.05) is 42.5 Å². The number of aromatic carboxylic acids is 1. The molecule has 4 rings (SSSR count). The Hall–Kier alpha value is -4.60. The number of carbonyl (C=O) groups excluding carboxylic acids is 1. The molecule has 0 saturated carbocycles. The second-order valence-electron chi connectivity index (χ2n) is 8.94. The predicted molar refractivity (Wildman–Crippen MR) is 149 cm³/mol. The molecule has 2 atom stereocenters. The van der Waals surface area contributed by atoms with Crippen LogP contribution in [0.4, 0.5) is 5.69 Å². The van der Waals surface area contributed by atoms with Crippen molar-refractivity contribution in [2.24, 2.45) is 0 Å². The van der Waals surface area contributed by atoms with Crippen LogP contribution < -0.4 is 15.4 Å². The Bertz CT molecular complexity index is 1410. The lowest BCUT2D eigenvalue weighted by atomic mass is 10.1. The first kappa shape index (κ1) is 29.0. The molecule has 204 valence electrons. The lowest BCUT2D eigenvalue weighted by Gasteiger charge is -2.18. The maximum atomic E-state index is 10.7. The topological polar surface area (TPSA) is 148 Å². The number of ether oxygens (including phenoxy) is 1. The second-order valence-corrected chi connectivity index (χ2v) is 8.94. The molecule has 6 N–H and O–H groups in total. The fourth-order valence-corrected chi connectivity index (χ4v) is 3.96.